The number of aldehydes is 2. The molecule has 2 nitrogen and oxygen atoms in total. The van der Waals surface area contributed by atoms with Crippen LogP contribution in [-0.2, 0) is 10.8 Å². The average Bonchev–Trinajstić information content (AvgIpc) is 2.71. The Bertz CT molecular complexity index is 969. The third kappa shape index (κ3) is 4.43. The minimum Gasteiger partial charge on any atom is -0.298 e. The highest BCUT2D eigenvalue weighted by Crippen LogP contribution is 2.33. The van der Waals surface area contributed by atoms with E-state index in [1.807, 2.05) is 36.4 Å². The molecule has 0 heterocycles. The maximum Gasteiger partial charge on any atom is 0.150 e. The first-order valence-corrected chi connectivity index (χ1v) is 10.3. The maximum atomic E-state index is 11.9. The molecule has 3 aromatic rings. The number of benzene rings is 3. The molecule has 3 rings (SSSR count). The van der Waals surface area contributed by atoms with Crippen molar-refractivity contribution < 1.29 is 9.59 Å². The van der Waals surface area contributed by atoms with Crippen molar-refractivity contribution in [3.05, 3.63) is 82.9 Å². The van der Waals surface area contributed by atoms with Crippen LogP contribution in [0.3, 0.4) is 0 Å². The van der Waals surface area contributed by atoms with Crippen LogP contribution in [0.5, 0.6) is 0 Å². The fraction of sp³-hybridized carbons (Fsp3) is 0.286. The third-order valence-corrected chi connectivity index (χ3v) is 5.60. The van der Waals surface area contributed by atoms with E-state index in [2.05, 4.69) is 65.8 Å². The van der Waals surface area contributed by atoms with Crippen LogP contribution in [0.15, 0.2) is 60.7 Å². The lowest BCUT2D eigenvalue weighted by molar-refractivity contribution is 0.111. The molecule has 30 heavy (non-hydrogen) atoms. The molecule has 2 heteroatoms. The van der Waals surface area contributed by atoms with Gasteiger partial charge in [-0.05, 0) is 56.3 Å². The highest BCUT2D eigenvalue weighted by atomic mass is 16.1. The quantitative estimate of drug-likeness (QED) is 0.434. The summed E-state index contributed by atoms with van der Waals surface area (Å²) in [5.74, 6) is 0. The molecule has 0 bridgehead atoms. The summed E-state index contributed by atoms with van der Waals surface area (Å²) in [6.45, 7) is 13.0. The minimum absolute atomic E-state index is 0.0586. The van der Waals surface area contributed by atoms with Gasteiger partial charge in [-0.3, -0.25) is 9.59 Å². The summed E-state index contributed by atoms with van der Waals surface area (Å²) in [6, 6.07) is 20.1. The van der Waals surface area contributed by atoms with Crippen molar-refractivity contribution in [3.63, 3.8) is 0 Å². The number of hydrogen-bond acceptors (Lipinski definition) is 2. The van der Waals surface area contributed by atoms with E-state index in [9.17, 15) is 9.59 Å². The van der Waals surface area contributed by atoms with Crippen molar-refractivity contribution in [2.24, 2.45) is 0 Å². The molecule has 0 fully saturated rings. The zero-order valence-electron chi connectivity index (χ0n) is 18.7. The first-order chi connectivity index (χ1) is 14.0. The summed E-state index contributed by atoms with van der Waals surface area (Å²) < 4.78 is 0. The SMILES string of the molecule is CC(C)(C)c1ccc(-c2cc(C=O)c(-c3ccc(C(C)(C)C)cc3)cc2C=O)cc1. The van der Waals surface area contributed by atoms with E-state index in [1.165, 1.54) is 11.1 Å². The van der Waals surface area contributed by atoms with Crippen molar-refractivity contribution in [1.82, 2.24) is 0 Å². The Labute approximate surface area is 180 Å². The van der Waals surface area contributed by atoms with Gasteiger partial charge in [0, 0.05) is 11.1 Å². The zero-order chi connectivity index (χ0) is 22.1. The predicted octanol–water partition coefficient (Wildman–Crippen LogP) is 7.24. The number of hydrogen-bond donors (Lipinski definition) is 0. The summed E-state index contributed by atoms with van der Waals surface area (Å²) in [7, 11) is 0. The molecule has 0 aliphatic carbocycles. The topological polar surface area (TPSA) is 34.1 Å². The Kier molecular flexibility index (Phi) is 5.81. The second-order valence-electron chi connectivity index (χ2n) is 9.92. The molecule has 3 aromatic carbocycles. The molecular formula is C28H30O2. The van der Waals surface area contributed by atoms with Crippen LogP contribution >= 0.6 is 0 Å². The molecule has 0 atom stereocenters. The van der Waals surface area contributed by atoms with Crippen molar-refractivity contribution in [3.8, 4) is 22.3 Å². The molecule has 0 amide bonds. The molecule has 0 radical (unpaired) electrons. The fourth-order valence-electron chi connectivity index (χ4n) is 3.63. The van der Waals surface area contributed by atoms with Gasteiger partial charge in [-0.2, -0.15) is 0 Å². The first kappa shape index (κ1) is 21.7. The van der Waals surface area contributed by atoms with Gasteiger partial charge in [0.15, 0.2) is 12.6 Å². The normalized spacial score (nSPS) is 11.9. The Morgan fingerprint density at radius 2 is 0.833 bits per heavy atom. The Balaban J connectivity index is 2.09. The van der Waals surface area contributed by atoms with Crippen LogP contribution < -0.4 is 0 Å². The van der Waals surface area contributed by atoms with Gasteiger partial charge >= 0.3 is 0 Å². The molecule has 0 saturated heterocycles. The van der Waals surface area contributed by atoms with E-state index in [-0.39, 0.29) is 10.8 Å². The summed E-state index contributed by atoms with van der Waals surface area (Å²) in [6.07, 6.45) is 1.74. The molecule has 0 spiro atoms. The van der Waals surface area contributed by atoms with Gasteiger partial charge in [-0.1, -0.05) is 90.1 Å². The molecule has 0 aliphatic rings. The van der Waals surface area contributed by atoms with Crippen LogP contribution in [-0.4, -0.2) is 12.6 Å². The van der Waals surface area contributed by atoms with E-state index >= 15 is 0 Å². The Hall–Kier alpha value is -3.00. The summed E-state index contributed by atoms with van der Waals surface area (Å²) in [4.78, 5) is 23.8. The Morgan fingerprint density at radius 3 is 1.07 bits per heavy atom. The number of carbonyl (C=O) groups is 2. The predicted molar refractivity (Wildman–Crippen MR) is 125 cm³/mol. The molecule has 0 aliphatic heterocycles. The van der Waals surface area contributed by atoms with Crippen LogP contribution in [0, 0.1) is 0 Å². The number of rotatable bonds is 4. The minimum atomic E-state index is 0.0586. The lowest BCUT2D eigenvalue weighted by Crippen LogP contribution is -2.10. The molecular weight excluding hydrogens is 368 g/mol. The van der Waals surface area contributed by atoms with E-state index in [0.717, 1.165) is 34.8 Å². The monoisotopic (exact) mass is 398 g/mol. The van der Waals surface area contributed by atoms with Gasteiger partial charge in [0.1, 0.15) is 0 Å². The number of carbonyl (C=O) groups excluding carboxylic acids is 2. The molecule has 0 aromatic heterocycles. The second kappa shape index (κ2) is 8.02. The molecule has 0 N–H and O–H groups in total. The van der Waals surface area contributed by atoms with E-state index in [4.69, 9.17) is 0 Å². The van der Waals surface area contributed by atoms with Gasteiger partial charge in [0.25, 0.3) is 0 Å². The van der Waals surface area contributed by atoms with Crippen LogP contribution in [0.1, 0.15) is 73.4 Å². The lowest BCUT2D eigenvalue weighted by Gasteiger charge is -2.20. The summed E-state index contributed by atoms with van der Waals surface area (Å²) in [5, 5.41) is 0. The molecule has 0 saturated carbocycles. The van der Waals surface area contributed by atoms with Crippen molar-refractivity contribution in [2.45, 2.75) is 52.4 Å². The largest absolute Gasteiger partial charge is 0.298 e. The van der Waals surface area contributed by atoms with Crippen LogP contribution in [0.4, 0.5) is 0 Å². The van der Waals surface area contributed by atoms with Gasteiger partial charge in [0.2, 0.25) is 0 Å². The summed E-state index contributed by atoms with van der Waals surface area (Å²) >= 11 is 0. The van der Waals surface area contributed by atoms with Crippen LogP contribution in [0.25, 0.3) is 22.3 Å². The summed E-state index contributed by atoms with van der Waals surface area (Å²) in [5.41, 5.74) is 7.16. The molecule has 154 valence electrons. The third-order valence-electron chi connectivity index (χ3n) is 5.60. The standard InChI is InChI=1S/C28H30O2/c1-27(2,3)23-11-7-19(8-12-23)25-15-22(18-30)26(16-21(25)17-29)20-9-13-24(14-10-20)28(4,5)6/h7-18H,1-6H3. The lowest BCUT2D eigenvalue weighted by atomic mass is 9.84. The van der Waals surface area contributed by atoms with Gasteiger partial charge < -0.3 is 0 Å². The maximum absolute atomic E-state index is 11.9. The second-order valence-corrected chi connectivity index (χ2v) is 9.92. The van der Waals surface area contributed by atoms with Crippen molar-refractivity contribution >= 4 is 12.6 Å². The molecule has 0 unspecified atom stereocenters. The highest BCUT2D eigenvalue weighted by Gasteiger charge is 2.17. The smallest absolute Gasteiger partial charge is 0.150 e. The van der Waals surface area contributed by atoms with E-state index in [0.29, 0.717) is 11.1 Å². The van der Waals surface area contributed by atoms with Gasteiger partial charge in [-0.15, -0.1) is 0 Å². The zero-order valence-corrected chi connectivity index (χ0v) is 18.7. The van der Waals surface area contributed by atoms with Gasteiger partial charge in [-0.25, -0.2) is 0 Å². The highest BCUT2D eigenvalue weighted by molar-refractivity contribution is 5.97. The first-order valence-electron chi connectivity index (χ1n) is 10.3. The van der Waals surface area contributed by atoms with Crippen LogP contribution in [0.2, 0.25) is 0 Å². The Morgan fingerprint density at radius 1 is 0.533 bits per heavy atom. The van der Waals surface area contributed by atoms with Crippen molar-refractivity contribution in [1.29, 1.82) is 0 Å². The average molecular weight is 399 g/mol. The van der Waals surface area contributed by atoms with E-state index < -0.39 is 0 Å². The van der Waals surface area contributed by atoms with E-state index in [1.54, 1.807) is 0 Å². The van der Waals surface area contributed by atoms with Crippen molar-refractivity contribution in [2.75, 3.05) is 0 Å². The fourth-order valence-corrected chi connectivity index (χ4v) is 3.63. The van der Waals surface area contributed by atoms with Gasteiger partial charge in [0.05, 0.1) is 0 Å².